The zero-order chi connectivity index (χ0) is 10.1. The third-order valence-corrected chi connectivity index (χ3v) is 2.52. The number of pyridine rings is 1. The number of carboxylic acid groups (broad SMARTS) is 1. The molecule has 1 saturated carbocycles. The Morgan fingerprint density at radius 3 is 2.86 bits per heavy atom. The van der Waals surface area contributed by atoms with Crippen LogP contribution in [0.25, 0.3) is 0 Å². The molecule has 3 N–H and O–H groups in total. The average Bonchev–Trinajstić information content (AvgIpc) is 3.00. The Hall–Kier alpha value is -1.42. The molecule has 4 nitrogen and oxygen atoms in total. The molecule has 1 heterocycles. The Bertz CT molecular complexity index is 361. The highest BCUT2D eigenvalue weighted by atomic mass is 16.4. The lowest BCUT2D eigenvalue weighted by Gasteiger charge is -2.09. The van der Waals surface area contributed by atoms with Gasteiger partial charge in [0, 0.05) is 18.4 Å². The quantitative estimate of drug-likeness (QED) is 0.754. The summed E-state index contributed by atoms with van der Waals surface area (Å²) in [5.41, 5.74) is 6.97. The van der Waals surface area contributed by atoms with Crippen LogP contribution in [0.1, 0.15) is 34.8 Å². The number of aromatic nitrogens is 1. The average molecular weight is 192 g/mol. The lowest BCUT2D eigenvalue weighted by Crippen LogP contribution is -2.13. The maximum absolute atomic E-state index is 10.7. The van der Waals surface area contributed by atoms with Crippen LogP contribution in [0.2, 0.25) is 0 Å². The van der Waals surface area contributed by atoms with Crippen LogP contribution >= 0.6 is 0 Å². The first-order chi connectivity index (χ1) is 6.68. The van der Waals surface area contributed by atoms with Gasteiger partial charge in [-0.2, -0.15) is 0 Å². The summed E-state index contributed by atoms with van der Waals surface area (Å²) < 4.78 is 0. The highest BCUT2D eigenvalue weighted by Gasteiger charge is 2.29. The summed E-state index contributed by atoms with van der Waals surface area (Å²) >= 11 is 0. The molecular weight excluding hydrogens is 180 g/mol. The summed E-state index contributed by atoms with van der Waals surface area (Å²) in [6, 6.07) is 1.56. The number of nitrogens with two attached hydrogens (primary N) is 1. The molecule has 1 aliphatic rings. The zero-order valence-electron chi connectivity index (χ0n) is 7.68. The molecule has 0 aromatic carbocycles. The molecule has 0 spiro atoms. The van der Waals surface area contributed by atoms with E-state index in [4.69, 9.17) is 10.8 Å². The maximum Gasteiger partial charge on any atom is 0.337 e. The van der Waals surface area contributed by atoms with Gasteiger partial charge in [0.1, 0.15) is 0 Å². The number of carbonyl (C=O) groups is 1. The second-order valence-corrected chi connectivity index (χ2v) is 3.68. The number of aromatic carboxylic acids is 1. The van der Waals surface area contributed by atoms with Crippen LogP contribution in [0.4, 0.5) is 0 Å². The molecule has 0 radical (unpaired) electrons. The summed E-state index contributed by atoms with van der Waals surface area (Å²) in [5, 5.41) is 8.76. The van der Waals surface area contributed by atoms with E-state index in [1.165, 1.54) is 6.20 Å². The fourth-order valence-electron chi connectivity index (χ4n) is 1.48. The van der Waals surface area contributed by atoms with Gasteiger partial charge in [0.15, 0.2) is 0 Å². The number of carboxylic acids is 1. The van der Waals surface area contributed by atoms with Crippen molar-refractivity contribution in [2.75, 3.05) is 0 Å². The first-order valence-corrected chi connectivity index (χ1v) is 4.62. The highest BCUT2D eigenvalue weighted by Crippen LogP contribution is 2.39. The van der Waals surface area contributed by atoms with Gasteiger partial charge in [0.25, 0.3) is 0 Å². The molecule has 1 fully saturated rings. The number of nitrogens with zero attached hydrogens (tertiary/aromatic N) is 1. The minimum Gasteiger partial charge on any atom is -0.478 e. The number of rotatable bonds is 3. The van der Waals surface area contributed by atoms with Gasteiger partial charge in [0.05, 0.1) is 5.56 Å². The Balaban J connectivity index is 2.24. The molecule has 0 bridgehead atoms. The van der Waals surface area contributed by atoms with Crippen molar-refractivity contribution in [3.63, 3.8) is 0 Å². The highest BCUT2D eigenvalue weighted by molar-refractivity contribution is 5.87. The van der Waals surface area contributed by atoms with Gasteiger partial charge < -0.3 is 10.8 Å². The topological polar surface area (TPSA) is 76.2 Å². The van der Waals surface area contributed by atoms with Crippen molar-refractivity contribution in [1.82, 2.24) is 4.98 Å². The maximum atomic E-state index is 10.7. The van der Waals surface area contributed by atoms with Crippen molar-refractivity contribution in [1.29, 1.82) is 0 Å². The largest absolute Gasteiger partial charge is 0.478 e. The van der Waals surface area contributed by atoms with Gasteiger partial charge in [-0.15, -0.1) is 0 Å². The molecule has 1 aromatic heterocycles. The first-order valence-electron chi connectivity index (χ1n) is 4.62. The Labute approximate surface area is 81.8 Å². The van der Waals surface area contributed by atoms with Gasteiger partial charge in [-0.1, -0.05) is 0 Å². The molecule has 1 atom stereocenters. The second-order valence-electron chi connectivity index (χ2n) is 3.68. The minimum atomic E-state index is -0.956. The fourth-order valence-corrected chi connectivity index (χ4v) is 1.48. The van der Waals surface area contributed by atoms with Crippen molar-refractivity contribution in [2.24, 2.45) is 11.7 Å². The molecule has 1 aromatic rings. The van der Waals surface area contributed by atoms with E-state index in [9.17, 15) is 4.79 Å². The van der Waals surface area contributed by atoms with Crippen molar-refractivity contribution in [2.45, 2.75) is 18.9 Å². The molecule has 0 amide bonds. The van der Waals surface area contributed by atoms with Crippen molar-refractivity contribution < 1.29 is 9.90 Å². The predicted molar refractivity (Wildman–Crippen MR) is 50.8 cm³/mol. The predicted octanol–water partition coefficient (Wildman–Crippen LogP) is 1.19. The number of hydrogen-bond donors (Lipinski definition) is 2. The SMILES string of the molecule is N[C@@H](c1cncc(C(=O)O)c1)C1CC1. The van der Waals surface area contributed by atoms with E-state index in [1.807, 2.05) is 0 Å². The van der Waals surface area contributed by atoms with E-state index in [2.05, 4.69) is 4.98 Å². The summed E-state index contributed by atoms with van der Waals surface area (Å²) in [5.74, 6) is -0.441. The van der Waals surface area contributed by atoms with Crippen LogP contribution in [-0.2, 0) is 0 Å². The Morgan fingerprint density at radius 1 is 1.57 bits per heavy atom. The van der Waals surface area contributed by atoms with Gasteiger partial charge in [-0.05, 0) is 30.4 Å². The number of hydrogen-bond acceptors (Lipinski definition) is 3. The van der Waals surface area contributed by atoms with Crippen LogP contribution < -0.4 is 5.73 Å². The van der Waals surface area contributed by atoms with E-state index in [0.29, 0.717) is 5.92 Å². The molecule has 1 aliphatic carbocycles. The monoisotopic (exact) mass is 192 g/mol. The van der Waals surface area contributed by atoms with E-state index in [1.54, 1.807) is 12.3 Å². The Kier molecular flexibility index (Phi) is 2.21. The normalized spacial score (nSPS) is 17.8. The van der Waals surface area contributed by atoms with Crippen molar-refractivity contribution in [3.05, 3.63) is 29.6 Å². The minimum absolute atomic E-state index is 0.0539. The summed E-state index contributed by atoms with van der Waals surface area (Å²) in [6.07, 6.45) is 5.26. The van der Waals surface area contributed by atoms with Gasteiger partial charge in [-0.25, -0.2) is 4.79 Å². The molecular formula is C10H12N2O2. The smallest absolute Gasteiger partial charge is 0.337 e. The van der Waals surface area contributed by atoms with Crippen LogP contribution in [0.15, 0.2) is 18.5 Å². The third kappa shape index (κ3) is 1.75. The summed E-state index contributed by atoms with van der Waals surface area (Å²) in [4.78, 5) is 14.6. The van der Waals surface area contributed by atoms with Crippen LogP contribution in [0.3, 0.4) is 0 Å². The molecule has 4 heteroatoms. The standard InChI is InChI=1S/C10H12N2O2/c11-9(6-1-2-6)7-3-8(10(13)14)5-12-4-7/h3-6,9H,1-2,11H2,(H,13,14)/t9-/m1/s1. The van der Waals surface area contributed by atoms with Crippen molar-refractivity contribution >= 4 is 5.97 Å². The van der Waals surface area contributed by atoms with Crippen LogP contribution in [-0.4, -0.2) is 16.1 Å². The van der Waals surface area contributed by atoms with Gasteiger partial charge >= 0.3 is 5.97 Å². The molecule has 0 aliphatic heterocycles. The summed E-state index contributed by atoms with van der Waals surface area (Å²) in [7, 11) is 0. The van der Waals surface area contributed by atoms with E-state index >= 15 is 0 Å². The summed E-state index contributed by atoms with van der Waals surface area (Å²) in [6.45, 7) is 0. The molecule has 0 saturated heterocycles. The van der Waals surface area contributed by atoms with Gasteiger partial charge in [-0.3, -0.25) is 4.98 Å². The molecule has 2 rings (SSSR count). The lowest BCUT2D eigenvalue weighted by molar-refractivity contribution is 0.0696. The molecule has 74 valence electrons. The van der Waals surface area contributed by atoms with Crippen LogP contribution in [0.5, 0.6) is 0 Å². The van der Waals surface area contributed by atoms with Crippen molar-refractivity contribution in [3.8, 4) is 0 Å². The molecule has 14 heavy (non-hydrogen) atoms. The third-order valence-electron chi connectivity index (χ3n) is 2.52. The van der Waals surface area contributed by atoms with E-state index in [0.717, 1.165) is 18.4 Å². The second kappa shape index (κ2) is 3.38. The Morgan fingerprint density at radius 2 is 2.29 bits per heavy atom. The van der Waals surface area contributed by atoms with Crippen LogP contribution in [0, 0.1) is 5.92 Å². The molecule has 0 unspecified atom stereocenters. The lowest BCUT2D eigenvalue weighted by atomic mass is 10.0. The van der Waals surface area contributed by atoms with E-state index < -0.39 is 5.97 Å². The van der Waals surface area contributed by atoms with E-state index in [-0.39, 0.29) is 11.6 Å². The van der Waals surface area contributed by atoms with Gasteiger partial charge in [0.2, 0.25) is 0 Å². The zero-order valence-corrected chi connectivity index (χ0v) is 7.68. The fraction of sp³-hybridized carbons (Fsp3) is 0.400. The first kappa shape index (κ1) is 9.15.